The molecule has 0 aliphatic rings. The molecule has 118 valence electrons. The first-order valence-electron chi connectivity index (χ1n) is 6.70. The van der Waals surface area contributed by atoms with E-state index >= 15 is 0 Å². The van der Waals surface area contributed by atoms with E-state index in [2.05, 4.69) is 10.1 Å². The fourth-order valence-corrected chi connectivity index (χ4v) is 1.82. The van der Waals surface area contributed by atoms with Crippen LogP contribution in [0.3, 0.4) is 0 Å². The summed E-state index contributed by atoms with van der Waals surface area (Å²) in [6.45, 7) is 0. The van der Waals surface area contributed by atoms with Crippen molar-refractivity contribution in [1.82, 2.24) is 5.32 Å². The number of ether oxygens (including phenoxy) is 1. The normalized spacial score (nSPS) is 11.4. The van der Waals surface area contributed by atoms with Crippen molar-refractivity contribution in [2.45, 2.75) is 31.7 Å². The average molecular weight is 310 g/mol. The van der Waals surface area contributed by atoms with Crippen molar-refractivity contribution in [3.63, 3.8) is 0 Å². The van der Waals surface area contributed by atoms with Gasteiger partial charge in [0.15, 0.2) is 11.6 Å². The van der Waals surface area contributed by atoms with Crippen LogP contribution in [0.15, 0.2) is 18.2 Å². The molecule has 1 aromatic carbocycles. The van der Waals surface area contributed by atoms with Gasteiger partial charge >= 0.3 is 5.97 Å². The van der Waals surface area contributed by atoms with E-state index in [1.54, 1.807) is 0 Å². The van der Waals surface area contributed by atoms with Gasteiger partial charge in [-0.2, -0.15) is 5.26 Å². The summed E-state index contributed by atoms with van der Waals surface area (Å²) in [6.07, 6.45) is 1.78. The molecular formula is C15H16F2N2O3. The van der Waals surface area contributed by atoms with Gasteiger partial charge in [-0.3, -0.25) is 4.79 Å². The Balaban J connectivity index is 2.71. The molecule has 22 heavy (non-hydrogen) atoms. The van der Waals surface area contributed by atoms with Crippen LogP contribution < -0.4 is 5.32 Å². The van der Waals surface area contributed by atoms with Crippen LogP contribution in [0, 0.1) is 23.0 Å². The Labute approximate surface area is 126 Å². The number of carbonyl (C=O) groups excluding carboxylic acids is 2. The van der Waals surface area contributed by atoms with E-state index in [1.165, 1.54) is 7.11 Å². The molecule has 7 heteroatoms. The van der Waals surface area contributed by atoms with Gasteiger partial charge in [0.25, 0.3) is 5.91 Å². The van der Waals surface area contributed by atoms with Crippen molar-refractivity contribution in [2.75, 3.05) is 7.11 Å². The van der Waals surface area contributed by atoms with Crippen LogP contribution in [0.1, 0.15) is 36.0 Å². The van der Waals surface area contributed by atoms with Crippen LogP contribution in [-0.4, -0.2) is 25.0 Å². The molecule has 0 unspecified atom stereocenters. The molecule has 1 amide bonds. The minimum Gasteiger partial charge on any atom is -0.467 e. The number of nitrogens with zero attached hydrogens (tertiary/aromatic N) is 1. The smallest absolute Gasteiger partial charge is 0.328 e. The molecule has 1 aromatic rings. The lowest BCUT2D eigenvalue weighted by molar-refractivity contribution is -0.143. The molecule has 1 rings (SSSR count). The van der Waals surface area contributed by atoms with E-state index in [0.717, 1.165) is 18.2 Å². The lowest BCUT2D eigenvalue weighted by Crippen LogP contribution is -2.41. The maximum atomic E-state index is 13.1. The Bertz CT molecular complexity index is 585. The fraction of sp³-hybridized carbons (Fsp3) is 0.400. The Morgan fingerprint density at radius 1 is 1.32 bits per heavy atom. The minimum absolute atomic E-state index is 0.0928. The van der Waals surface area contributed by atoms with Crippen molar-refractivity contribution >= 4 is 11.9 Å². The van der Waals surface area contributed by atoms with Gasteiger partial charge in [-0.15, -0.1) is 0 Å². The summed E-state index contributed by atoms with van der Waals surface area (Å²) in [5.41, 5.74) is -0.0928. The summed E-state index contributed by atoms with van der Waals surface area (Å²) in [5.74, 6) is -3.53. The monoisotopic (exact) mass is 310 g/mol. The Hall–Kier alpha value is -2.49. The molecule has 0 aromatic heterocycles. The largest absolute Gasteiger partial charge is 0.467 e. The molecular weight excluding hydrogens is 294 g/mol. The first-order valence-corrected chi connectivity index (χ1v) is 6.70. The third-order valence-electron chi connectivity index (χ3n) is 3.00. The number of hydrogen-bond acceptors (Lipinski definition) is 4. The van der Waals surface area contributed by atoms with Crippen molar-refractivity contribution in [3.8, 4) is 6.07 Å². The van der Waals surface area contributed by atoms with Crippen LogP contribution >= 0.6 is 0 Å². The highest BCUT2D eigenvalue weighted by atomic mass is 19.2. The number of unbranched alkanes of at least 4 members (excludes halogenated alkanes) is 2. The number of methoxy groups -OCH3 is 1. The number of rotatable bonds is 7. The molecule has 0 saturated carbocycles. The van der Waals surface area contributed by atoms with E-state index in [0.29, 0.717) is 25.7 Å². The summed E-state index contributed by atoms with van der Waals surface area (Å²) < 4.78 is 30.5. The number of carbonyl (C=O) groups is 2. The first-order chi connectivity index (χ1) is 10.5. The summed E-state index contributed by atoms with van der Waals surface area (Å²) in [7, 11) is 1.19. The lowest BCUT2D eigenvalue weighted by Gasteiger charge is -2.16. The van der Waals surface area contributed by atoms with Crippen molar-refractivity contribution in [3.05, 3.63) is 35.4 Å². The molecule has 1 atom stereocenters. The second-order valence-corrected chi connectivity index (χ2v) is 4.58. The molecule has 0 saturated heterocycles. The molecule has 0 heterocycles. The number of halogens is 2. The average Bonchev–Trinajstić information content (AvgIpc) is 2.52. The third-order valence-corrected chi connectivity index (χ3v) is 3.00. The quantitative estimate of drug-likeness (QED) is 0.619. The van der Waals surface area contributed by atoms with Crippen LogP contribution in [0.2, 0.25) is 0 Å². The molecule has 0 aliphatic heterocycles. The van der Waals surface area contributed by atoms with Gasteiger partial charge < -0.3 is 10.1 Å². The highest BCUT2D eigenvalue weighted by Crippen LogP contribution is 2.10. The molecule has 0 aliphatic carbocycles. The highest BCUT2D eigenvalue weighted by Gasteiger charge is 2.22. The van der Waals surface area contributed by atoms with E-state index in [1.807, 2.05) is 6.07 Å². The zero-order valence-corrected chi connectivity index (χ0v) is 12.1. The van der Waals surface area contributed by atoms with E-state index in [4.69, 9.17) is 5.26 Å². The van der Waals surface area contributed by atoms with E-state index in [9.17, 15) is 18.4 Å². The minimum atomic E-state index is -1.14. The van der Waals surface area contributed by atoms with Gasteiger partial charge in [-0.1, -0.05) is 0 Å². The highest BCUT2D eigenvalue weighted by molar-refractivity contribution is 5.96. The van der Waals surface area contributed by atoms with Gasteiger partial charge in [-0.25, -0.2) is 13.6 Å². The fourth-order valence-electron chi connectivity index (χ4n) is 1.82. The summed E-state index contributed by atoms with van der Waals surface area (Å²) in [6, 6.07) is 3.80. The summed E-state index contributed by atoms with van der Waals surface area (Å²) >= 11 is 0. The van der Waals surface area contributed by atoms with Gasteiger partial charge in [0.2, 0.25) is 0 Å². The standard InChI is InChI=1S/C15H16F2N2O3/c1-22-15(21)13(5-3-2-4-8-18)19-14(20)10-6-7-11(16)12(17)9-10/h6-7,9,13H,2-5H2,1H3,(H,19,20)/t13-/m1/s1. The molecule has 0 fully saturated rings. The van der Waals surface area contributed by atoms with Gasteiger partial charge in [0.1, 0.15) is 6.04 Å². The Morgan fingerprint density at radius 2 is 2.05 bits per heavy atom. The Morgan fingerprint density at radius 3 is 2.64 bits per heavy atom. The zero-order valence-electron chi connectivity index (χ0n) is 12.1. The summed E-state index contributed by atoms with van der Waals surface area (Å²) in [5, 5.41) is 10.9. The number of esters is 1. The zero-order chi connectivity index (χ0) is 16.5. The van der Waals surface area contributed by atoms with Crippen LogP contribution in [0.25, 0.3) is 0 Å². The van der Waals surface area contributed by atoms with E-state index < -0.39 is 29.6 Å². The van der Waals surface area contributed by atoms with Crippen molar-refractivity contribution in [2.24, 2.45) is 0 Å². The number of amides is 1. The number of nitrogens with one attached hydrogen (secondary N) is 1. The lowest BCUT2D eigenvalue weighted by atomic mass is 10.1. The predicted molar refractivity (Wildman–Crippen MR) is 73.7 cm³/mol. The molecule has 0 bridgehead atoms. The molecule has 0 radical (unpaired) electrons. The first kappa shape index (κ1) is 17.6. The van der Waals surface area contributed by atoms with Crippen LogP contribution in [0.5, 0.6) is 0 Å². The van der Waals surface area contributed by atoms with Crippen LogP contribution in [0.4, 0.5) is 8.78 Å². The molecule has 1 N–H and O–H groups in total. The van der Waals surface area contributed by atoms with Crippen molar-refractivity contribution < 1.29 is 23.1 Å². The number of hydrogen-bond donors (Lipinski definition) is 1. The second-order valence-electron chi connectivity index (χ2n) is 4.58. The van der Waals surface area contributed by atoms with Gasteiger partial charge in [-0.05, 0) is 37.5 Å². The van der Waals surface area contributed by atoms with Crippen molar-refractivity contribution in [1.29, 1.82) is 5.26 Å². The van der Waals surface area contributed by atoms with Gasteiger partial charge in [0.05, 0.1) is 13.2 Å². The summed E-state index contributed by atoms with van der Waals surface area (Å²) in [4.78, 5) is 23.6. The van der Waals surface area contributed by atoms with Gasteiger partial charge in [0, 0.05) is 12.0 Å². The third kappa shape index (κ3) is 5.13. The topological polar surface area (TPSA) is 79.2 Å². The molecule has 0 spiro atoms. The Kier molecular flexibility index (Phi) is 6.96. The van der Waals surface area contributed by atoms with E-state index in [-0.39, 0.29) is 5.56 Å². The maximum Gasteiger partial charge on any atom is 0.328 e. The SMILES string of the molecule is COC(=O)[C@@H](CCCCC#N)NC(=O)c1ccc(F)c(F)c1. The maximum absolute atomic E-state index is 13.1. The predicted octanol–water partition coefficient (Wildman–Crippen LogP) is 2.32. The molecule has 5 nitrogen and oxygen atoms in total. The second kappa shape index (κ2) is 8.72. The van der Waals surface area contributed by atoms with Crippen LogP contribution in [-0.2, 0) is 9.53 Å². The number of nitriles is 1. The number of benzene rings is 1.